The molecule has 1 fully saturated rings. The molecule has 1 aliphatic heterocycles. The van der Waals surface area contributed by atoms with Crippen molar-refractivity contribution < 1.29 is 19.1 Å². The number of hydrogen-bond acceptors (Lipinski definition) is 6. The first-order valence-corrected chi connectivity index (χ1v) is 10.3. The molecule has 8 heteroatoms. The Hall–Kier alpha value is -2.45. The second kappa shape index (κ2) is 8.96. The SMILES string of the molecule is CC(=O)N1CCN(C(=O)COC(=O)/C(=C/c2cccs2)c2cccs2)CC1. The predicted octanol–water partition coefficient (Wildman–Crippen LogP) is 2.58. The highest BCUT2D eigenvalue weighted by molar-refractivity contribution is 7.12. The van der Waals surface area contributed by atoms with Crippen molar-refractivity contribution in [2.45, 2.75) is 6.92 Å². The maximum absolute atomic E-state index is 12.6. The fourth-order valence-electron chi connectivity index (χ4n) is 2.75. The molecular weight excluding hydrogens is 384 g/mol. The lowest BCUT2D eigenvalue weighted by molar-refractivity contribution is -0.149. The fraction of sp³-hybridized carbons (Fsp3) is 0.316. The van der Waals surface area contributed by atoms with Gasteiger partial charge in [0.1, 0.15) is 0 Å². The van der Waals surface area contributed by atoms with Crippen LogP contribution in [0.2, 0.25) is 0 Å². The van der Waals surface area contributed by atoms with Crippen molar-refractivity contribution in [1.82, 2.24) is 9.80 Å². The molecule has 0 aliphatic carbocycles. The fourth-order valence-corrected chi connectivity index (χ4v) is 4.13. The van der Waals surface area contributed by atoms with Crippen LogP contribution in [0.5, 0.6) is 0 Å². The Balaban J connectivity index is 1.60. The third-order valence-corrected chi connectivity index (χ3v) is 5.96. The van der Waals surface area contributed by atoms with Gasteiger partial charge in [-0.2, -0.15) is 0 Å². The summed E-state index contributed by atoms with van der Waals surface area (Å²) >= 11 is 2.98. The maximum atomic E-state index is 12.6. The number of hydrogen-bond donors (Lipinski definition) is 0. The lowest BCUT2D eigenvalue weighted by atomic mass is 10.2. The van der Waals surface area contributed by atoms with Crippen LogP contribution in [0.15, 0.2) is 35.0 Å². The third-order valence-electron chi connectivity index (χ3n) is 4.24. The van der Waals surface area contributed by atoms with Gasteiger partial charge in [0.05, 0.1) is 5.57 Å². The zero-order valence-electron chi connectivity index (χ0n) is 14.9. The molecule has 2 aromatic rings. The highest BCUT2D eigenvalue weighted by Crippen LogP contribution is 2.25. The number of nitrogens with zero attached hydrogens (tertiary/aromatic N) is 2. The second-order valence-electron chi connectivity index (χ2n) is 6.01. The molecule has 3 heterocycles. The summed E-state index contributed by atoms with van der Waals surface area (Å²) in [6.07, 6.45) is 1.79. The van der Waals surface area contributed by atoms with Crippen LogP contribution in [-0.2, 0) is 19.1 Å². The van der Waals surface area contributed by atoms with E-state index in [4.69, 9.17) is 4.74 Å². The second-order valence-corrected chi connectivity index (χ2v) is 7.94. The van der Waals surface area contributed by atoms with Crippen molar-refractivity contribution in [3.63, 3.8) is 0 Å². The molecule has 0 aromatic carbocycles. The maximum Gasteiger partial charge on any atom is 0.340 e. The highest BCUT2D eigenvalue weighted by Gasteiger charge is 2.24. The van der Waals surface area contributed by atoms with Gasteiger partial charge in [-0.25, -0.2) is 4.79 Å². The Bertz CT molecular complexity index is 820. The van der Waals surface area contributed by atoms with Crippen LogP contribution < -0.4 is 0 Å². The number of esters is 1. The summed E-state index contributed by atoms with van der Waals surface area (Å²) in [6.45, 7) is 3.15. The van der Waals surface area contributed by atoms with Crippen LogP contribution in [0.3, 0.4) is 0 Å². The molecule has 6 nitrogen and oxygen atoms in total. The van der Waals surface area contributed by atoms with E-state index in [2.05, 4.69) is 0 Å². The van der Waals surface area contributed by atoms with Gasteiger partial charge >= 0.3 is 5.97 Å². The summed E-state index contributed by atoms with van der Waals surface area (Å²) in [4.78, 5) is 41.4. The van der Waals surface area contributed by atoms with Gasteiger partial charge < -0.3 is 14.5 Å². The number of carbonyl (C=O) groups is 3. The molecule has 0 saturated carbocycles. The molecular formula is C19H20N2O4S2. The number of thiophene rings is 2. The van der Waals surface area contributed by atoms with Gasteiger partial charge in [0, 0.05) is 42.9 Å². The monoisotopic (exact) mass is 404 g/mol. The van der Waals surface area contributed by atoms with Crippen molar-refractivity contribution in [2.75, 3.05) is 32.8 Å². The average Bonchev–Trinajstić information content (AvgIpc) is 3.37. The normalized spacial score (nSPS) is 14.9. The van der Waals surface area contributed by atoms with Gasteiger partial charge in [-0.05, 0) is 29.0 Å². The van der Waals surface area contributed by atoms with E-state index >= 15 is 0 Å². The van der Waals surface area contributed by atoms with Crippen LogP contribution in [0.4, 0.5) is 0 Å². The van der Waals surface area contributed by atoms with E-state index in [1.54, 1.807) is 15.9 Å². The average molecular weight is 405 g/mol. The quantitative estimate of drug-likeness (QED) is 0.568. The minimum absolute atomic E-state index is 0.00725. The van der Waals surface area contributed by atoms with E-state index in [0.29, 0.717) is 31.8 Å². The van der Waals surface area contributed by atoms with E-state index in [1.807, 2.05) is 35.0 Å². The van der Waals surface area contributed by atoms with Crippen molar-refractivity contribution in [3.8, 4) is 0 Å². The van der Waals surface area contributed by atoms with E-state index < -0.39 is 5.97 Å². The summed E-state index contributed by atoms with van der Waals surface area (Å²) < 4.78 is 5.30. The molecule has 142 valence electrons. The first-order chi connectivity index (χ1) is 13.0. The van der Waals surface area contributed by atoms with Gasteiger partial charge in [0.15, 0.2) is 6.61 Å². The van der Waals surface area contributed by atoms with E-state index in [-0.39, 0.29) is 18.4 Å². The molecule has 2 aromatic heterocycles. The number of piperazine rings is 1. The Kier molecular flexibility index (Phi) is 6.41. The summed E-state index contributed by atoms with van der Waals surface area (Å²) in [6, 6.07) is 7.56. The minimum Gasteiger partial charge on any atom is -0.452 e. The summed E-state index contributed by atoms with van der Waals surface area (Å²) in [5.41, 5.74) is 0.446. The van der Waals surface area contributed by atoms with Crippen LogP contribution in [-0.4, -0.2) is 60.4 Å². The summed E-state index contributed by atoms with van der Waals surface area (Å²) in [5.74, 6) is -0.748. The molecule has 0 atom stereocenters. The van der Waals surface area contributed by atoms with E-state index in [0.717, 1.165) is 9.75 Å². The molecule has 0 radical (unpaired) electrons. The van der Waals surface area contributed by atoms with E-state index in [1.165, 1.54) is 29.6 Å². The number of ether oxygens (including phenoxy) is 1. The van der Waals surface area contributed by atoms with Gasteiger partial charge in [-0.15, -0.1) is 22.7 Å². The summed E-state index contributed by atoms with van der Waals surface area (Å²) in [7, 11) is 0. The molecule has 0 N–H and O–H groups in total. The zero-order valence-corrected chi connectivity index (χ0v) is 16.6. The topological polar surface area (TPSA) is 66.9 Å². The molecule has 0 unspecified atom stereocenters. The van der Waals surface area contributed by atoms with Crippen LogP contribution in [0.1, 0.15) is 16.7 Å². The van der Waals surface area contributed by atoms with Gasteiger partial charge in [0.2, 0.25) is 5.91 Å². The number of carbonyl (C=O) groups excluding carboxylic acids is 3. The van der Waals surface area contributed by atoms with Crippen LogP contribution in [0.25, 0.3) is 11.6 Å². The minimum atomic E-state index is -0.512. The number of rotatable bonds is 5. The third kappa shape index (κ3) is 5.05. The smallest absolute Gasteiger partial charge is 0.340 e. The first-order valence-electron chi connectivity index (χ1n) is 8.54. The highest BCUT2D eigenvalue weighted by atomic mass is 32.1. The molecule has 2 amide bonds. The van der Waals surface area contributed by atoms with Gasteiger partial charge in [-0.1, -0.05) is 12.1 Å². The Morgan fingerprint density at radius 3 is 2.30 bits per heavy atom. The molecule has 1 aliphatic rings. The Labute approximate surface area is 165 Å². The van der Waals surface area contributed by atoms with Crippen molar-refractivity contribution in [2.24, 2.45) is 0 Å². The van der Waals surface area contributed by atoms with E-state index in [9.17, 15) is 14.4 Å². The van der Waals surface area contributed by atoms with Crippen LogP contribution in [0, 0.1) is 0 Å². The van der Waals surface area contributed by atoms with Crippen molar-refractivity contribution >= 4 is 52.1 Å². The molecule has 27 heavy (non-hydrogen) atoms. The molecule has 1 saturated heterocycles. The van der Waals surface area contributed by atoms with Crippen LogP contribution >= 0.6 is 22.7 Å². The molecule has 3 rings (SSSR count). The van der Waals surface area contributed by atoms with Gasteiger partial charge in [-0.3, -0.25) is 9.59 Å². The zero-order chi connectivity index (χ0) is 19.2. The summed E-state index contributed by atoms with van der Waals surface area (Å²) in [5, 5.41) is 3.83. The molecule has 0 bridgehead atoms. The molecule has 0 spiro atoms. The largest absolute Gasteiger partial charge is 0.452 e. The van der Waals surface area contributed by atoms with Gasteiger partial charge in [0.25, 0.3) is 5.91 Å². The standard InChI is InChI=1S/C19H20N2O4S2/c1-14(22)20-6-8-21(9-7-20)18(23)13-25-19(24)16(17-5-3-11-27-17)12-15-4-2-10-26-15/h2-5,10-12H,6-9,13H2,1H3/b16-12+. The lowest BCUT2D eigenvalue weighted by Gasteiger charge is -2.34. The number of amides is 2. The Morgan fingerprint density at radius 1 is 1.04 bits per heavy atom. The lowest BCUT2D eigenvalue weighted by Crippen LogP contribution is -2.51. The van der Waals surface area contributed by atoms with Crippen molar-refractivity contribution in [1.29, 1.82) is 0 Å². The predicted molar refractivity (Wildman–Crippen MR) is 106 cm³/mol. The Morgan fingerprint density at radius 2 is 1.70 bits per heavy atom. The first kappa shape index (κ1) is 19.3. The van der Waals surface area contributed by atoms with Crippen molar-refractivity contribution in [3.05, 3.63) is 44.8 Å².